The molecule has 1 aliphatic carbocycles. The summed E-state index contributed by atoms with van der Waals surface area (Å²) in [6.07, 6.45) is 7.40. The second kappa shape index (κ2) is 6.09. The zero-order chi connectivity index (χ0) is 17.2. The van der Waals surface area contributed by atoms with Crippen molar-refractivity contribution >= 4 is 17.3 Å². The molecular weight excluding hydrogens is 316 g/mol. The number of nitrogens with zero attached hydrogens (tertiary/aromatic N) is 3. The van der Waals surface area contributed by atoms with Gasteiger partial charge in [0.2, 0.25) is 11.6 Å². The highest BCUT2D eigenvalue weighted by molar-refractivity contribution is 6.24. The first kappa shape index (κ1) is 14.9. The second-order valence-electron chi connectivity index (χ2n) is 5.48. The SMILES string of the molecule is O=C1C(Nc2ccc(-c3cccnc3)cc2)=CC(=O)c2ncncc21. The molecule has 0 aliphatic heterocycles. The third-order valence-corrected chi connectivity index (χ3v) is 3.87. The van der Waals surface area contributed by atoms with Crippen LogP contribution in [0.15, 0.2) is 73.1 Å². The van der Waals surface area contributed by atoms with E-state index >= 15 is 0 Å². The van der Waals surface area contributed by atoms with Crippen molar-refractivity contribution in [2.45, 2.75) is 0 Å². The van der Waals surface area contributed by atoms with Crippen LogP contribution in [0, 0.1) is 0 Å². The Balaban J connectivity index is 1.59. The van der Waals surface area contributed by atoms with Gasteiger partial charge in [0.1, 0.15) is 12.0 Å². The van der Waals surface area contributed by atoms with E-state index in [-0.39, 0.29) is 28.5 Å². The molecule has 0 bridgehead atoms. The fourth-order valence-electron chi connectivity index (χ4n) is 2.63. The van der Waals surface area contributed by atoms with Crippen LogP contribution in [-0.4, -0.2) is 26.5 Å². The second-order valence-corrected chi connectivity index (χ2v) is 5.48. The highest BCUT2D eigenvalue weighted by atomic mass is 16.1. The van der Waals surface area contributed by atoms with E-state index in [4.69, 9.17) is 0 Å². The number of rotatable bonds is 3. The molecule has 25 heavy (non-hydrogen) atoms. The van der Waals surface area contributed by atoms with Gasteiger partial charge in [-0.1, -0.05) is 18.2 Å². The molecule has 0 spiro atoms. The van der Waals surface area contributed by atoms with Gasteiger partial charge in [-0.15, -0.1) is 0 Å². The highest BCUT2D eigenvalue weighted by Crippen LogP contribution is 2.23. The fraction of sp³-hybridized carbons (Fsp3) is 0. The maximum absolute atomic E-state index is 12.5. The van der Waals surface area contributed by atoms with Gasteiger partial charge >= 0.3 is 0 Å². The predicted molar refractivity (Wildman–Crippen MR) is 92.1 cm³/mol. The lowest BCUT2D eigenvalue weighted by Gasteiger charge is -2.15. The minimum atomic E-state index is -0.313. The van der Waals surface area contributed by atoms with Gasteiger partial charge in [0.05, 0.1) is 11.3 Å². The van der Waals surface area contributed by atoms with E-state index in [9.17, 15) is 9.59 Å². The average Bonchev–Trinajstić information content (AvgIpc) is 2.67. The molecule has 0 atom stereocenters. The molecule has 1 N–H and O–H groups in total. The zero-order valence-electron chi connectivity index (χ0n) is 13.0. The number of nitrogens with one attached hydrogen (secondary N) is 1. The Bertz CT molecular complexity index is 995. The van der Waals surface area contributed by atoms with Crippen LogP contribution < -0.4 is 5.32 Å². The molecule has 1 aliphatic rings. The molecule has 0 radical (unpaired) electrons. The molecule has 0 saturated carbocycles. The summed E-state index contributed by atoms with van der Waals surface area (Å²) < 4.78 is 0. The molecule has 6 nitrogen and oxygen atoms in total. The molecule has 0 unspecified atom stereocenters. The summed E-state index contributed by atoms with van der Waals surface area (Å²) in [5, 5.41) is 3.00. The Labute approximate surface area is 143 Å². The normalized spacial score (nSPS) is 13.2. The summed E-state index contributed by atoms with van der Waals surface area (Å²) in [5.41, 5.74) is 3.28. The molecule has 4 rings (SSSR count). The largest absolute Gasteiger partial charge is 0.352 e. The number of fused-ring (bicyclic) bond motifs is 1. The molecule has 6 heteroatoms. The van der Waals surface area contributed by atoms with Crippen LogP contribution in [0.25, 0.3) is 11.1 Å². The molecule has 2 aromatic heterocycles. The summed E-state index contributed by atoms with van der Waals surface area (Å²) in [5.74, 6) is -0.613. The molecule has 0 saturated heterocycles. The molecular formula is C19H12N4O2. The van der Waals surface area contributed by atoms with Gasteiger partial charge in [-0.05, 0) is 29.3 Å². The van der Waals surface area contributed by atoms with Crippen LogP contribution in [0.1, 0.15) is 20.8 Å². The van der Waals surface area contributed by atoms with E-state index < -0.39 is 0 Å². The van der Waals surface area contributed by atoms with Crippen molar-refractivity contribution in [2.75, 3.05) is 5.32 Å². The number of benzene rings is 1. The van der Waals surface area contributed by atoms with Crippen LogP contribution >= 0.6 is 0 Å². The number of aromatic nitrogens is 3. The van der Waals surface area contributed by atoms with Crippen LogP contribution in [0.5, 0.6) is 0 Å². The van der Waals surface area contributed by atoms with Gasteiger partial charge in [0.15, 0.2) is 0 Å². The van der Waals surface area contributed by atoms with Gasteiger partial charge in [-0.2, -0.15) is 0 Å². The van der Waals surface area contributed by atoms with E-state index in [0.717, 1.165) is 11.1 Å². The summed E-state index contributed by atoms with van der Waals surface area (Å²) in [6.45, 7) is 0. The topological polar surface area (TPSA) is 84.8 Å². The lowest BCUT2D eigenvalue weighted by molar-refractivity contribution is 0.0981. The minimum absolute atomic E-state index is 0.137. The van der Waals surface area contributed by atoms with E-state index in [1.807, 2.05) is 36.4 Å². The van der Waals surface area contributed by atoms with Crippen LogP contribution in [-0.2, 0) is 0 Å². The van der Waals surface area contributed by atoms with Crippen molar-refractivity contribution in [1.29, 1.82) is 0 Å². The molecule has 0 amide bonds. The zero-order valence-corrected chi connectivity index (χ0v) is 13.0. The van der Waals surface area contributed by atoms with Crippen molar-refractivity contribution in [3.8, 4) is 11.1 Å². The Kier molecular flexibility index (Phi) is 3.63. The number of ketones is 2. The Morgan fingerprint density at radius 1 is 0.880 bits per heavy atom. The number of allylic oxidation sites excluding steroid dienone is 2. The number of anilines is 1. The van der Waals surface area contributed by atoms with Crippen molar-refractivity contribution in [2.24, 2.45) is 0 Å². The van der Waals surface area contributed by atoms with E-state index in [0.29, 0.717) is 5.69 Å². The van der Waals surface area contributed by atoms with Gasteiger partial charge in [0.25, 0.3) is 0 Å². The van der Waals surface area contributed by atoms with Crippen LogP contribution in [0.4, 0.5) is 5.69 Å². The Morgan fingerprint density at radius 3 is 2.48 bits per heavy atom. The average molecular weight is 328 g/mol. The summed E-state index contributed by atoms with van der Waals surface area (Å²) in [4.78, 5) is 36.4. The van der Waals surface area contributed by atoms with Crippen LogP contribution in [0.2, 0.25) is 0 Å². The number of Topliss-reactive ketones (excluding diaryl/α,β-unsaturated/α-hetero) is 1. The standard InChI is InChI=1S/C19H12N4O2/c24-17-8-16(19(25)15-10-21-11-22-18(15)17)23-14-5-3-12(4-6-14)13-2-1-7-20-9-13/h1-11,23H. The lowest BCUT2D eigenvalue weighted by Crippen LogP contribution is -2.22. The molecule has 2 heterocycles. The summed E-state index contributed by atoms with van der Waals surface area (Å²) in [6, 6.07) is 11.4. The van der Waals surface area contributed by atoms with Gasteiger partial charge in [-0.3, -0.25) is 14.6 Å². The first-order valence-electron chi connectivity index (χ1n) is 7.60. The maximum atomic E-state index is 12.5. The number of pyridine rings is 1. The molecule has 3 aromatic rings. The summed E-state index contributed by atoms with van der Waals surface area (Å²) >= 11 is 0. The van der Waals surface area contributed by atoms with Crippen molar-refractivity contribution in [3.05, 3.63) is 84.3 Å². The first-order chi connectivity index (χ1) is 12.2. The molecule has 0 fully saturated rings. The number of hydrogen-bond acceptors (Lipinski definition) is 6. The third-order valence-electron chi connectivity index (χ3n) is 3.87. The quantitative estimate of drug-likeness (QED) is 0.796. The third kappa shape index (κ3) is 2.81. The predicted octanol–water partition coefficient (Wildman–Crippen LogP) is 2.91. The number of carbonyl (C=O) groups excluding carboxylic acids is 2. The first-order valence-corrected chi connectivity index (χ1v) is 7.60. The monoisotopic (exact) mass is 328 g/mol. The smallest absolute Gasteiger partial charge is 0.213 e. The van der Waals surface area contributed by atoms with Gasteiger partial charge in [0, 0.05) is 30.4 Å². The Hall–Kier alpha value is -3.67. The fourth-order valence-corrected chi connectivity index (χ4v) is 2.63. The van der Waals surface area contributed by atoms with Crippen molar-refractivity contribution < 1.29 is 9.59 Å². The number of carbonyl (C=O) groups is 2. The molecule has 120 valence electrons. The van der Waals surface area contributed by atoms with Crippen molar-refractivity contribution in [1.82, 2.24) is 15.0 Å². The van der Waals surface area contributed by atoms with Gasteiger partial charge in [-0.25, -0.2) is 9.97 Å². The van der Waals surface area contributed by atoms with E-state index in [1.54, 1.807) is 12.4 Å². The maximum Gasteiger partial charge on any atom is 0.213 e. The highest BCUT2D eigenvalue weighted by Gasteiger charge is 2.27. The Morgan fingerprint density at radius 2 is 1.72 bits per heavy atom. The van der Waals surface area contributed by atoms with Gasteiger partial charge < -0.3 is 5.32 Å². The van der Waals surface area contributed by atoms with Crippen LogP contribution in [0.3, 0.4) is 0 Å². The van der Waals surface area contributed by atoms with E-state index in [1.165, 1.54) is 18.6 Å². The number of hydrogen-bond donors (Lipinski definition) is 1. The van der Waals surface area contributed by atoms with Crippen molar-refractivity contribution in [3.63, 3.8) is 0 Å². The minimum Gasteiger partial charge on any atom is -0.352 e. The molecule has 1 aromatic carbocycles. The lowest BCUT2D eigenvalue weighted by atomic mass is 9.98. The summed E-state index contributed by atoms with van der Waals surface area (Å²) in [7, 11) is 0. The van der Waals surface area contributed by atoms with E-state index in [2.05, 4.69) is 20.3 Å².